The van der Waals surface area contributed by atoms with E-state index in [0.717, 1.165) is 12.3 Å². The van der Waals surface area contributed by atoms with Crippen LogP contribution in [0.15, 0.2) is 35.1 Å². The maximum atomic E-state index is 13.6. The molecule has 0 radical (unpaired) electrons. The van der Waals surface area contributed by atoms with E-state index < -0.39 is 17.8 Å². The van der Waals surface area contributed by atoms with Gasteiger partial charge in [-0.15, -0.1) is 0 Å². The molecule has 1 fully saturated rings. The summed E-state index contributed by atoms with van der Waals surface area (Å²) in [5.74, 6) is -0.948. The summed E-state index contributed by atoms with van der Waals surface area (Å²) in [6.07, 6.45) is -1.47. The van der Waals surface area contributed by atoms with Crippen LogP contribution >= 0.6 is 0 Å². The third-order valence-corrected chi connectivity index (χ3v) is 5.17. The molecule has 4 heterocycles. The van der Waals surface area contributed by atoms with Gasteiger partial charge in [0.05, 0.1) is 25.0 Å². The highest BCUT2D eigenvalue weighted by Gasteiger charge is 2.37. The van der Waals surface area contributed by atoms with E-state index in [4.69, 9.17) is 9.15 Å². The van der Waals surface area contributed by atoms with Gasteiger partial charge in [0.25, 0.3) is 5.91 Å². The Kier molecular flexibility index (Phi) is 5.42. The van der Waals surface area contributed by atoms with Crippen molar-refractivity contribution in [2.24, 2.45) is 5.92 Å². The summed E-state index contributed by atoms with van der Waals surface area (Å²) in [6.45, 7) is 2.57. The van der Waals surface area contributed by atoms with Crippen molar-refractivity contribution in [1.29, 1.82) is 0 Å². The molecule has 0 unspecified atom stereocenters. The number of aromatic nitrogens is 3. The standard InChI is InChI=1S/C20H19F3N4O4/c1-2-30-19(29)12-5-7-26(8-6-12)18(28)13-11-24-27-16(20(21,22)23)10-14(25-17(13)27)15-4-3-9-31-15/h3-4,9-12H,2,5-8H2,1H3. The molecule has 0 aromatic carbocycles. The minimum atomic E-state index is -4.72. The number of ether oxygens (including phenoxy) is 1. The van der Waals surface area contributed by atoms with Crippen molar-refractivity contribution in [1.82, 2.24) is 19.5 Å². The molecule has 1 aliphatic rings. The van der Waals surface area contributed by atoms with Crippen molar-refractivity contribution in [3.8, 4) is 11.5 Å². The summed E-state index contributed by atoms with van der Waals surface area (Å²) in [6, 6.07) is 3.85. The molecule has 1 amide bonds. The number of carbonyl (C=O) groups is 2. The van der Waals surface area contributed by atoms with Gasteiger partial charge in [0.1, 0.15) is 11.3 Å². The van der Waals surface area contributed by atoms with Crippen molar-refractivity contribution in [3.63, 3.8) is 0 Å². The van der Waals surface area contributed by atoms with Crippen molar-refractivity contribution in [3.05, 3.63) is 41.9 Å². The van der Waals surface area contributed by atoms with E-state index >= 15 is 0 Å². The molecule has 0 spiro atoms. The van der Waals surface area contributed by atoms with E-state index in [-0.39, 0.29) is 54.2 Å². The lowest BCUT2D eigenvalue weighted by atomic mass is 9.96. The number of alkyl halides is 3. The Bertz CT molecular complexity index is 1100. The lowest BCUT2D eigenvalue weighted by Crippen LogP contribution is -2.40. The fourth-order valence-corrected chi connectivity index (χ4v) is 3.61. The highest BCUT2D eigenvalue weighted by molar-refractivity contribution is 6.00. The van der Waals surface area contributed by atoms with Gasteiger partial charge in [-0.25, -0.2) is 9.50 Å². The number of furan rings is 1. The molecular weight excluding hydrogens is 417 g/mol. The number of likely N-dealkylation sites (tertiary alicyclic amines) is 1. The third kappa shape index (κ3) is 3.99. The van der Waals surface area contributed by atoms with Gasteiger partial charge in [-0.2, -0.15) is 18.3 Å². The Labute approximate surface area is 174 Å². The van der Waals surface area contributed by atoms with Crippen LogP contribution in [0.4, 0.5) is 13.2 Å². The average molecular weight is 436 g/mol. The first-order valence-corrected chi connectivity index (χ1v) is 9.75. The predicted octanol–water partition coefficient (Wildman–Crippen LogP) is 3.42. The normalized spacial score (nSPS) is 15.4. The molecule has 0 N–H and O–H groups in total. The molecule has 11 heteroatoms. The van der Waals surface area contributed by atoms with Gasteiger partial charge < -0.3 is 14.1 Å². The molecule has 8 nitrogen and oxygen atoms in total. The number of hydrogen-bond acceptors (Lipinski definition) is 6. The largest absolute Gasteiger partial charge is 0.466 e. The molecule has 164 valence electrons. The van der Waals surface area contributed by atoms with Crippen LogP contribution in [0.2, 0.25) is 0 Å². The molecule has 0 saturated carbocycles. The average Bonchev–Trinajstić information content (AvgIpc) is 3.42. The number of nitrogens with zero attached hydrogens (tertiary/aromatic N) is 4. The number of carbonyl (C=O) groups excluding carboxylic acids is 2. The van der Waals surface area contributed by atoms with Crippen LogP contribution in [0.5, 0.6) is 0 Å². The Morgan fingerprint density at radius 1 is 1.29 bits per heavy atom. The van der Waals surface area contributed by atoms with E-state index in [1.807, 2.05) is 0 Å². The molecule has 1 aliphatic heterocycles. The molecule has 1 saturated heterocycles. The van der Waals surface area contributed by atoms with E-state index in [1.54, 1.807) is 6.92 Å². The second kappa shape index (κ2) is 8.05. The quantitative estimate of drug-likeness (QED) is 0.582. The summed E-state index contributed by atoms with van der Waals surface area (Å²) in [4.78, 5) is 30.7. The van der Waals surface area contributed by atoms with Crippen molar-refractivity contribution >= 4 is 17.5 Å². The molecule has 31 heavy (non-hydrogen) atoms. The third-order valence-electron chi connectivity index (χ3n) is 5.17. The number of piperidine rings is 1. The fraction of sp³-hybridized carbons (Fsp3) is 0.400. The van der Waals surface area contributed by atoms with Gasteiger partial charge in [0.15, 0.2) is 17.1 Å². The Balaban J connectivity index is 1.66. The SMILES string of the molecule is CCOC(=O)C1CCN(C(=O)c2cnn3c(C(F)(F)F)cc(-c4ccco4)nc23)CC1. The summed E-state index contributed by atoms with van der Waals surface area (Å²) in [5, 5.41) is 3.77. The summed E-state index contributed by atoms with van der Waals surface area (Å²) in [5.41, 5.74) is -1.38. The van der Waals surface area contributed by atoms with E-state index in [2.05, 4.69) is 10.1 Å². The van der Waals surface area contributed by atoms with Gasteiger partial charge >= 0.3 is 12.1 Å². The van der Waals surface area contributed by atoms with E-state index in [9.17, 15) is 22.8 Å². The fourth-order valence-electron chi connectivity index (χ4n) is 3.61. The molecule has 0 bridgehead atoms. The molecule has 4 rings (SSSR count). The van der Waals surface area contributed by atoms with Gasteiger partial charge in [-0.3, -0.25) is 9.59 Å². The lowest BCUT2D eigenvalue weighted by Gasteiger charge is -2.30. The minimum Gasteiger partial charge on any atom is -0.466 e. The second-order valence-electron chi connectivity index (χ2n) is 7.11. The first-order chi connectivity index (χ1) is 14.8. The van der Waals surface area contributed by atoms with Crippen molar-refractivity contribution in [2.75, 3.05) is 19.7 Å². The first-order valence-electron chi connectivity index (χ1n) is 9.75. The molecule has 0 atom stereocenters. The Morgan fingerprint density at radius 2 is 2.03 bits per heavy atom. The number of amides is 1. The predicted molar refractivity (Wildman–Crippen MR) is 101 cm³/mol. The van der Waals surface area contributed by atoms with Crippen LogP contribution in [0.1, 0.15) is 35.8 Å². The van der Waals surface area contributed by atoms with Crippen LogP contribution < -0.4 is 0 Å². The number of esters is 1. The molecule has 0 aliphatic carbocycles. The highest BCUT2D eigenvalue weighted by atomic mass is 19.4. The maximum Gasteiger partial charge on any atom is 0.433 e. The van der Waals surface area contributed by atoms with Gasteiger partial charge in [0.2, 0.25) is 0 Å². The monoisotopic (exact) mass is 436 g/mol. The highest BCUT2D eigenvalue weighted by Crippen LogP contribution is 2.33. The summed E-state index contributed by atoms with van der Waals surface area (Å²) in [7, 11) is 0. The molecular formula is C20H19F3N4O4. The zero-order chi connectivity index (χ0) is 22.2. The lowest BCUT2D eigenvalue weighted by molar-refractivity contribution is -0.149. The van der Waals surface area contributed by atoms with Crippen LogP contribution in [0.25, 0.3) is 17.1 Å². The second-order valence-corrected chi connectivity index (χ2v) is 7.11. The Hall–Kier alpha value is -3.37. The zero-order valence-corrected chi connectivity index (χ0v) is 16.6. The zero-order valence-electron chi connectivity index (χ0n) is 16.6. The topological polar surface area (TPSA) is 89.9 Å². The Morgan fingerprint density at radius 3 is 2.65 bits per heavy atom. The molecule has 3 aromatic heterocycles. The number of rotatable bonds is 4. The maximum absolute atomic E-state index is 13.6. The minimum absolute atomic E-state index is 0.0477. The van der Waals surface area contributed by atoms with Crippen LogP contribution in [-0.2, 0) is 15.7 Å². The van der Waals surface area contributed by atoms with Crippen LogP contribution in [-0.4, -0.2) is 51.1 Å². The smallest absolute Gasteiger partial charge is 0.433 e. The number of fused-ring (bicyclic) bond motifs is 1. The van der Waals surface area contributed by atoms with Crippen molar-refractivity contribution in [2.45, 2.75) is 25.9 Å². The van der Waals surface area contributed by atoms with Gasteiger partial charge in [-0.1, -0.05) is 0 Å². The van der Waals surface area contributed by atoms with Crippen LogP contribution in [0.3, 0.4) is 0 Å². The van der Waals surface area contributed by atoms with Crippen LogP contribution in [0, 0.1) is 5.92 Å². The number of halogens is 3. The number of hydrogen-bond donors (Lipinski definition) is 0. The summed E-state index contributed by atoms with van der Waals surface area (Å²) >= 11 is 0. The van der Waals surface area contributed by atoms with E-state index in [0.29, 0.717) is 17.4 Å². The van der Waals surface area contributed by atoms with Crippen molar-refractivity contribution < 1.29 is 31.9 Å². The van der Waals surface area contributed by atoms with E-state index in [1.165, 1.54) is 23.3 Å². The summed E-state index contributed by atoms with van der Waals surface area (Å²) < 4.78 is 51.7. The molecule has 3 aromatic rings. The first kappa shape index (κ1) is 20.9. The van der Waals surface area contributed by atoms with Gasteiger partial charge in [-0.05, 0) is 38.0 Å². The van der Waals surface area contributed by atoms with Gasteiger partial charge in [0, 0.05) is 13.1 Å².